The van der Waals surface area contributed by atoms with Crippen molar-refractivity contribution in [2.45, 2.75) is 45.8 Å². The predicted octanol–water partition coefficient (Wildman–Crippen LogP) is 2.84. The van der Waals surface area contributed by atoms with Gasteiger partial charge in [0.1, 0.15) is 0 Å². The Bertz CT molecular complexity index is 334. The maximum atomic E-state index is 5.79. The van der Waals surface area contributed by atoms with E-state index in [1.807, 2.05) is 0 Å². The molecule has 0 aliphatic carbocycles. The van der Waals surface area contributed by atoms with E-state index in [0.29, 0.717) is 6.10 Å². The summed E-state index contributed by atoms with van der Waals surface area (Å²) in [5, 5.41) is 3.32. The number of aromatic nitrogens is 1. The minimum atomic E-state index is 0.434. The second kappa shape index (κ2) is 6.47. The van der Waals surface area contributed by atoms with Crippen LogP contribution < -0.4 is 0 Å². The first-order chi connectivity index (χ1) is 8.28. The Labute approximate surface area is 108 Å². The summed E-state index contributed by atoms with van der Waals surface area (Å²) in [6, 6.07) is 0. The van der Waals surface area contributed by atoms with E-state index < -0.39 is 0 Å². The smallest absolute Gasteiger partial charge is 0.0897 e. The summed E-state index contributed by atoms with van der Waals surface area (Å²) in [6.07, 6.45) is 4.20. The van der Waals surface area contributed by atoms with Crippen molar-refractivity contribution in [3.63, 3.8) is 0 Å². The molecule has 1 fully saturated rings. The van der Waals surface area contributed by atoms with Gasteiger partial charge >= 0.3 is 0 Å². The molecule has 3 nitrogen and oxygen atoms in total. The topological polar surface area (TPSA) is 25.4 Å². The number of hydrogen-bond donors (Lipinski definition) is 0. The maximum absolute atomic E-state index is 5.79. The van der Waals surface area contributed by atoms with Gasteiger partial charge < -0.3 is 4.74 Å². The molecule has 0 amide bonds. The molecule has 1 aliphatic heterocycles. The Morgan fingerprint density at radius 2 is 2.41 bits per heavy atom. The van der Waals surface area contributed by atoms with Gasteiger partial charge in [-0.05, 0) is 32.7 Å². The Balaban J connectivity index is 1.83. The molecular formula is C13H22N2OS. The van der Waals surface area contributed by atoms with Crippen molar-refractivity contribution < 1.29 is 4.74 Å². The van der Waals surface area contributed by atoms with E-state index in [1.165, 1.54) is 25.0 Å². The summed E-state index contributed by atoms with van der Waals surface area (Å²) in [4.78, 5) is 6.96. The molecule has 1 saturated heterocycles. The fraction of sp³-hybridized carbons (Fsp3) is 0.769. The molecule has 1 atom stereocenters. The van der Waals surface area contributed by atoms with Crippen LogP contribution in [0.3, 0.4) is 0 Å². The lowest BCUT2D eigenvalue weighted by molar-refractivity contribution is -0.00639. The van der Waals surface area contributed by atoms with Gasteiger partial charge in [0.25, 0.3) is 0 Å². The lowest BCUT2D eigenvalue weighted by atomic mass is 10.1. The van der Waals surface area contributed by atoms with Gasteiger partial charge in [0.05, 0.1) is 16.8 Å². The van der Waals surface area contributed by atoms with Crippen LogP contribution in [0.5, 0.6) is 0 Å². The number of likely N-dealkylation sites (N-methyl/N-ethyl adjacent to an activating group) is 1. The van der Waals surface area contributed by atoms with E-state index >= 15 is 0 Å². The molecule has 0 N–H and O–H groups in total. The van der Waals surface area contributed by atoms with Crippen molar-refractivity contribution in [1.29, 1.82) is 0 Å². The Kier molecular flexibility index (Phi) is 4.95. The van der Waals surface area contributed by atoms with Crippen LogP contribution in [-0.2, 0) is 11.3 Å². The summed E-state index contributed by atoms with van der Waals surface area (Å²) in [6.45, 7) is 8.29. The highest BCUT2D eigenvalue weighted by molar-refractivity contribution is 7.09. The second-order valence-electron chi connectivity index (χ2n) is 4.67. The zero-order valence-corrected chi connectivity index (χ0v) is 11.6. The number of thiazole rings is 1. The third kappa shape index (κ3) is 4.05. The number of rotatable bonds is 5. The van der Waals surface area contributed by atoms with Crippen LogP contribution in [0.2, 0.25) is 0 Å². The number of nitrogens with zero attached hydrogens (tertiary/aromatic N) is 2. The van der Waals surface area contributed by atoms with Gasteiger partial charge in [-0.3, -0.25) is 4.90 Å². The third-order valence-electron chi connectivity index (χ3n) is 3.24. The minimum absolute atomic E-state index is 0.434. The fourth-order valence-corrected chi connectivity index (χ4v) is 2.86. The molecule has 0 bridgehead atoms. The van der Waals surface area contributed by atoms with Gasteiger partial charge in [-0.2, -0.15) is 0 Å². The van der Waals surface area contributed by atoms with Crippen LogP contribution in [0.15, 0.2) is 5.38 Å². The van der Waals surface area contributed by atoms with E-state index in [1.54, 1.807) is 11.3 Å². The summed E-state index contributed by atoms with van der Waals surface area (Å²) < 4.78 is 5.79. The average Bonchev–Trinajstić information content (AvgIpc) is 2.75. The first-order valence-electron chi connectivity index (χ1n) is 6.53. The Hall–Kier alpha value is -0.450. The Morgan fingerprint density at radius 1 is 1.53 bits per heavy atom. The van der Waals surface area contributed by atoms with Crippen LogP contribution in [0, 0.1) is 6.92 Å². The van der Waals surface area contributed by atoms with Gasteiger partial charge in [-0.15, -0.1) is 11.3 Å². The molecule has 2 heterocycles. The van der Waals surface area contributed by atoms with Gasteiger partial charge in [0.2, 0.25) is 0 Å². The van der Waals surface area contributed by atoms with E-state index in [4.69, 9.17) is 4.74 Å². The van der Waals surface area contributed by atoms with E-state index in [9.17, 15) is 0 Å². The molecule has 1 aromatic heterocycles. The molecule has 1 aliphatic rings. The van der Waals surface area contributed by atoms with Crippen LogP contribution in [0.1, 0.15) is 36.9 Å². The van der Waals surface area contributed by atoms with Crippen molar-refractivity contribution in [2.75, 3.05) is 19.7 Å². The average molecular weight is 254 g/mol. The highest BCUT2D eigenvalue weighted by Crippen LogP contribution is 2.16. The predicted molar refractivity (Wildman–Crippen MR) is 71.4 cm³/mol. The highest BCUT2D eigenvalue weighted by atomic mass is 32.1. The number of hydrogen-bond acceptors (Lipinski definition) is 4. The summed E-state index contributed by atoms with van der Waals surface area (Å²) in [5.41, 5.74) is 1.20. The normalized spacial score (nSPS) is 21.0. The second-order valence-corrected chi connectivity index (χ2v) is 5.74. The molecule has 0 radical (unpaired) electrons. The van der Waals surface area contributed by atoms with Gasteiger partial charge in [-0.25, -0.2) is 4.98 Å². The largest absolute Gasteiger partial charge is 0.377 e. The summed E-state index contributed by atoms with van der Waals surface area (Å²) in [5.74, 6) is 0. The quantitative estimate of drug-likeness (QED) is 0.808. The van der Waals surface area contributed by atoms with Crippen LogP contribution in [-0.4, -0.2) is 35.7 Å². The minimum Gasteiger partial charge on any atom is -0.377 e. The van der Waals surface area contributed by atoms with Crippen molar-refractivity contribution >= 4 is 11.3 Å². The van der Waals surface area contributed by atoms with Gasteiger partial charge in [-0.1, -0.05) is 6.92 Å². The zero-order valence-electron chi connectivity index (χ0n) is 10.8. The molecular weight excluding hydrogens is 232 g/mol. The van der Waals surface area contributed by atoms with Crippen molar-refractivity contribution in [1.82, 2.24) is 9.88 Å². The first kappa shape index (κ1) is 13.0. The molecule has 0 saturated carbocycles. The molecule has 1 unspecified atom stereocenters. The van der Waals surface area contributed by atoms with E-state index in [0.717, 1.165) is 31.2 Å². The van der Waals surface area contributed by atoms with Crippen molar-refractivity contribution in [3.05, 3.63) is 16.1 Å². The summed E-state index contributed by atoms with van der Waals surface area (Å²) >= 11 is 1.73. The highest BCUT2D eigenvalue weighted by Gasteiger charge is 2.17. The van der Waals surface area contributed by atoms with Crippen molar-refractivity contribution in [2.24, 2.45) is 0 Å². The molecule has 1 aromatic rings. The molecule has 96 valence electrons. The lowest BCUT2D eigenvalue weighted by Crippen LogP contribution is -2.35. The molecule has 2 rings (SSSR count). The van der Waals surface area contributed by atoms with E-state index in [2.05, 4.69) is 29.1 Å². The number of ether oxygens (including phenoxy) is 1. The monoisotopic (exact) mass is 254 g/mol. The first-order valence-corrected chi connectivity index (χ1v) is 7.41. The lowest BCUT2D eigenvalue weighted by Gasteiger charge is -2.28. The third-order valence-corrected chi connectivity index (χ3v) is 4.06. The number of aryl methyl sites for hydroxylation is 1. The molecule has 4 heteroatoms. The van der Waals surface area contributed by atoms with Gasteiger partial charge in [0, 0.05) is 25.1 Å². The zero-order chi connectivity index (χ0) is 12.1. The summed E-state index contributed by atoms with van der Waals surface area (Å²) in [7, 11) is 0. The molecule has 0 spiro atoms. The SMILES string of the molecule is CCN(Cc1csc(C)n1)CC1CCCCO1. The van der Waals surface area contributed by atoms with Crippen LogP contribution in [0.25, 0.3) is 0 Å². The molecule has 17 heavy (non-hydrogen) atoms. The maximum Gasteiger partial charge on any atom is 0.0897 e. The standard InChI is InChI=1S/C13H22N2OS/c1-3-15(8-12-10-17-11(2)14-12)9-13-6-4-5-7-16-13/h10,13H,3-9H2,1-2H3. The fourth-order valence-electron chi connectivity index (χ4n) is 2.25. The van der Waals surface area contributed by atoms with Gasteiger partial charge in [0.15, 0.2) is 0 Å². The van der Waals surface area contributed by atoms with Crippen molar-refractivity contribution in [3.8, 4) is 0 Å². The van der Waals surface area contributed by atoms with Crippen LogP contribution >= 0.6 is 11.3 Å². The molecule has 0 aromatic carbocycles. The van der Waals surface area contributed by atoms with Crippen LogP contribution in [0.4, 0.5) is 0 Å². The Morgan fingerprint density at radius 3 is 3.00 bits per heavy atom. The van der Waals surface area contributed by atoms with E-state index in [-0.39, 0.29) is 0 Å².